The van der Waals surface area contributed by atoms with Crippen molar-refractivity contribution in [3.8, 4) is 6.01 Å². The second kappa shape index (κ2) is 3.69. The fourth-order valence-electron chi connectivity index (χ4n) is 1.58. The van der Waals surface area contributed by atoms with Gasteiger partial charge in [0, 0.05) is 6.54 Å². The number of fused-ring (bicyclic) bond motifs is 1. The monoisotopic (exact) mass is 196 g/mol. The maximum absolute atomic E-state index is 10.6. The molecule has 1 aliphatic heterocycles. The van der Waals surface area contributed by atoms with Crippen LogP contribution in [0.1, 0.15) is 18.5 Å². The number of ether oxygens (including phenoxy) is 1. The zero-order valence-electron chi connectivity index (χ0n) is 7.77. The normalized spacial score (nSPS) is 15.4. The zero-order valence-corrected chi connectivity index (χ0v) is 7.77. The van der Waals surface area contributed by atoms with Crippen molar-refractivity contribution in [3.63, 3.8) is 0 Å². The third-order valence-corrected chi connectivity index (χ3v) is 2.24. The van der Waals surface area contributed by atoms with Crippen molar-refractivity contribution in [2.45, 2.75) is 25.8 Å². The van der Waals surface area contributed by atoms with Crippen LogP contribution in [0.3, 0.4) is 0 Å². The van der Waals surface area contributed by atoms with Gasteiger partial charge in [0.2, 0.25) is 0 Å². The Hall–Kier alpha value is -1.52. The second-order valence-electron chi connectivity index (χ2n) is 3.31. The van der Waals surface area contributed by atoms with Gasteiger partial charge in [0.25, 0.3) is 6.01 Å². The molecule has 0 atom stereocenters. The molecule has 1 aromatic rings. The van der Waals surface area contributed by atoms with E-state index in [2.05, 4.69) is 4.98 Å². The second-order valence-corrected chi connectivity index (χ2v) is 3.31. The summed E-state index contributed by atoms with van der Waals surface area (Å²) >= 11 is 0. The first-order chi connectivity index (χ1) is 6.77. The van der Waals surface area contributed by atoms with Gasteiger partial charge in [-0.25, -0.2) is 4.98 Å². The molecule has 2 rings (SSSR count). The quantitative estimate of drug-likeness (QED) is 0.755. The maximum Gasteiger partial charge on any atom is 0.309 e. The van der Waals surface area contributed by atoms with Crippen molar-refractivity contribution in [1.82, 2.24) is 9.55 Å². The van der Waals surface area contributed by atoms with Gasteiger partial charge < -0.3 is 9.84 Å². The minimum Gasteiger partial charge on any atom is -0.481 e. The summed E-state index contributed by atoms with van der Waals surface area (Å²) in [7, 11) is 0. The number of carbonyl (C=O) groups is 1. The molecular formula is C9H12N2O3. The molecule has 2 heterocycles. The van der Waals surface area contributed by atoms with E-state index < -0.39 is 5.97 Å². The molecule has 0 unspecified atom stereocenters. The van der Waals surface area contributed by atoms with Crippen LogP contribution in [0.2, 0.25) is 0 Å². The fraction of sp³-hybridized carbons (Fsp3) is 0.556. The molecule has 0 fully saturated rings. The third-order valence-electron chi connectivity index (χ3n) is 2.24. The summed E-state index contributed by atoms with van der Waals surface area (Å²) < 4.78 is 7.22. The lowest BCUT2D eigenvalue weighted by Crippen LogP contribution is -2.08. The Labute approximate surface area is 81.3 Å². The van der Waals surface area contributed by atoms with Crippen LogP contribution < -0.4 is 4.74 Å². The Morgan fingerprint density at radius 1 is 1.64 bits per heavy atom. The molecule has 0 saturated carbocycles. The van der Waals surface area contributed by atoms with Gasteiger partial charge in [0.1, 0.15) is 0 Å². The Morgan fingerprint density at radius 2 is 2.50 bits per heavy atom. The molecule has 5 nitrogen and oxygen atoms in total. The number of aliphatic carboxylic acids is 1. The van der Waals surface area contributed by atoms with Gasteiger partial charge >= 0.3 is 5.97 Å². The van der Waals surface area contributed by atoms with Gasteiger partial charge in [-0.15, -0.1) is 0 Å². The van der Waals surface area contributed by atoms with Crippen LogP contribution in [0, 0.1) is 0 Å². The van der Waals surface area contributed by atoms with Gasteiger partial charge in [-0.1, -0.05) is 0 Å². The van der Waals surface area contributed by atoms with Gasteiger partial charge in [0.15, 0.2) is 0 Å². The van der Waals surface area contributed by atoms with E-state index in [1.165, 1.54) is 0 Å². The van der Waals surface area contributed by atoms with Gasteiger partial charge in [-0.3, -0.25) is 9.36 Å². The number of imidazole rings is 1. The molecule has 0 saturated heterocycles. The Morgan fingerprint density at radius 3 is 3.29 bits per heavy atom. The van der Waals surface area contributed by atoms with Crippen LogP contribution in [0.4, 0.5) is 0 Å². The van der Waals surface area contributed by atoms with Crippen LogP contribution in [0.5, 0.6) is 6.01 Å². The van der Waals surface area contributed by atoms with E-state index in [-0.39, 0.29) is 6.42 Å². The molecule has 0 bridgehead atoms. The summed E-state index contributed by atoms with van der Waals surface area (Å²) in [6.07, 6.45) is 3.59. The minimum absolute atomic E-state index is 0.0103. The van der Waals surface area contributed by atoms with E-state index in [4.69, 9.17) is 9.84 Å². The lowest BCUT2D eigenvalue weighted by atomic mass is 10.3. The van der Waals surface area contributed by atoms with E-state index in [1.807, 2.05) is 4.57 Å². The van der Waals surface area contributed by atoms with E-state index in [0.717, 1.165) is 25.1 Å². The highest BCUT2D eigenvalue weighted by molar-refractivity contribution is 5.69. The number of carboxylic acids is 1. The van der Waals surface area contributed by atoms with E-state index in [1.54, 1.807) is 6.20 Å². The van der Waals surface area contributed by atoms with Crippen LogP contribution in [-0.4, -0.2) is 27.2 Å². The minimum atomic E-state index is -0.836. The molecular weight excluding hydrogens is 184 g/mol. The molecule has 1 N–H and O–H groups in total. The molecule has 0 aliphatic carbocycles. The van der Waals surface area contributed by atoms with Crippen molar-refractivity contribution >= 4 is 5.97 Å². The van der Waals surface area contributed by atoms with Crippen molar-refractivity contribution in [3.05, 3.63) is 11.9 Å². The molecule has 0 radical (unpaired) electrons. The predicted octanol–water partition coefficient (Wildman–Crippen LogP) is 0.683. The maximum atomic E-state index is 10.6. The number of hydrogen-bond donors (Lipinski definition) is 1. The first kappa shape index (κ1) is 9.05. The Bertz CT molecular complexity index is 346. The van der Waals surface area contributed by atoms with Crippen LogP contribution >= 0.6 is 0 Å². The highest BCUT2D eigenvalue weighted by Crippen LogP contribution is 2.18. The molecule has 0 amide bonds. The smallest absolute Gasteiger partial charge is 0.309 e. The van der Waals surface area contributed by atoms with E-state index >= 15 is 0 Å². The van der Waals surface area contributed by atoms with Crippen LogP contribution in [0.25, 0.3) is 0 Å². The number of aromatic nitrogens is 2. The highest BCUT2D eigenvalue weighted by Gasteiger charge is 2.15. The largest absolute Gasteiger partial charge is 0.481 e. The van der Waals surface area contributed by atoms with Crippen molar-refractivity contribution in [2.24, 2.45) is 0 Å². The first-order valence-electron chi connectivity index (χ1n) is 4.66. The standard InChI is InChI=1S/C9H12N2O3/c12-8(13)5-7-6-10-9-11(7)3-1-2-4-14-9/h6H,1-5H2,(H,12,13). The summed E-state index contributed by atoms with van der Waals surface area (Å²) in [5, 5.41) is 8.68. The molecule has 0 spiro atoms. The summed E-state index contributed by atoms with van der Waals surface area (Å²) in [6, 6.07) is 0.554. The van der Waals surface area contributed by atoms with E-state index in [0.29, 0.717) is 12.6 Å². The lowest BCUT2D eigenvalue weighted by Gasteiger charge is -2.05. The molecule has 14 heavy (non-hydrogen) atoms. The number of rotatable bonds is 2. The van der Waals surface area contributed by atoms with Crippen molar-refractivity contribution in [2.75, 3.05) is 6.61 Å². The van der Waals surface area contributed by atoms with Gasteiger partial charge in [0.05, 0.1) is 24.9 Å². The summed E-state index contributed by atoms with van der Waals surface area (Å²) in [5.74, 6) is -0.836. The van der Waals surface area contributed by atoms with Gasteiger partial charge in [-0.05, 0) is 12.8 Å². The Kier molecular flexibility index (Phi) is 2.39. The summed E-state index contributed by atoms with van der Waals surface area (Å²) in [4.78, 5) is 14.6. The predicted molar refractivity (Wildman–Crippen MR) is 48.3 cm³/mol. The van der Waals surface area contributed by atoms with Crippen molar-refractivity contribution in [1.29, 1.82) is 0 Å². The average molecular weight is 196 g/mol. The first-order valence-corrected chi connectivity index (χ1v) is 4.66. The molecule has 1 aromatic heterocycles. The summed E-state index contributed by atoms with van der Waals surface area (Å²) in [5.41, 5.74) is 0.717. The molecule has 1 aliphatic rings. The van der Waals surface area contributed by atoms with Crippen molar-refractivity contribution < 1.29 is 14.6 Å². The number of hydrogen-bond acceptors (Lipinski definition) is 3. The molecule has 0 aromatic carbocycles. The van der Waals surface area contributed by atoms with Crippen LogP contribution in [0.15, 0.2) is 6.20 Å². The summed E-state index contributed by atoms with van der Waals surface area (Å²) in [6.45, 7) is 1.47. The molecule has 76 valence electrons. The number of carboxylic acid groups (broad SMARTS) is 1. The SMILES string of the molecule is O=C(O)Cc1cnc2n1CCCCO2. The lowest BCUT2D eigenvalue weighted by molar-refractivity contribution is -0.136. The fourth-order valence-corrected chi connectivity index (χ4v) is 1.58. The number of nitrogens with zero attached hydrogens (tertiary/aromatic N) is 2. The Balaban J connectivity index is 2.24. The molecule has 5 heteroatoms. The van der Waals surface area contributed by atoms with E-state index in [9.17, 15) is 4.79 Å². The topological polar surface area (TPSA) is 64.3 Å². The van der Waals surface area contributed by atoms with Gasteiger partial charge in [-0.2, -0.15) is 0 Å². The average Bonchev–Trinajstić information content (AvgIpc) is 2.37. The highest BCUT2D eigenvalue weighted by atomic mass is 16.5. The third kappa shape index (κ3) is 1.71. The zero-order chi connectivity index (χ0) is 9.97. The van der Waals surface area contributed by atoms with Crippen LogP contribution in [-0.2, 0) is 17.8 Å².